The van der Waals surface area contributed by atoms with E-state index in [9.17, 15) is 4.79 Å². The summed E-state index contributed by atoms with van der Waals surface area (Å²) in [6.45, 7) is 0. The van der Waals surface area contributed by atoms with Gasteiger partial charge >= 0.3 is 5.97 Å². The molecular formula is C8H10N2O3. The minimum Gasteiger partial charge on any atom is -0.495 e. The van der Waals surface area contributed by atoms with Crippen molar-refractivity contribution in [3.05, 3.63) is 17.7 Å². The molecule has 0 spiro atoms. The molecule has 0 radical (unpaired) electrons. The third-order valence-electron chi connectivity index (χ3n) is 1.67. The molecule has 0 fully saturated rings. The number of aromatic carboxylic acids is 1. The molecule has 0 aromatic heterocycles. The van der Waals surface area contributed by atoms with E-state index in [1.54, 1.807) is 0 Å². The number of nitrogen functional groups attached to an aromatic ring is 2. The first-order chi connectivity index (χ1) is 6.07. The molecule has 0 atom stereocenters. The second-order valence-electron chi connectivity index (χ2n) is 2.45. The van der Waals surface area contributed by atoms with Gasteiger partial charge in [-0.1, -0.05) is 0 Å². The van der Waals surface area contributed by atoms with Crippen LogP contribution < -0.4 is 16.2 Å². The Morgan fingerprint density at radius 3 is 2.54 bits per heavy atom. The molecule has 5 N–H and O–H groups in total. The summed E-state index contributed by atoms with van der Waals surface area (Å²) in [6.07, 6.45) is 0. The fourth-order valence-corrected chi connectivity index (χ4v) is 1.03. The molecule has 0 amide bonds. The van der Waals surface area contributed by atoms with Gasteiger partial charge < -0.3 is 21.3 Å². The maximum absolute atomic E-state index is 10.7. The topological polar surface area (TPSA) is 98.6 Å². The SMILES string of the molecule is COc1ccc(N)c(C(=O)O)c1N. The molecule has 1 rings (SSSR count). The lowest BCUT2D eigenvalue weighted by atomic mass is 10.1. The van der Waals surface area contributed by atoms with Crippen molar-refractivity contribution in [3.63, 3.8) is 0 Å². The van der Waals surface area contributed by atoms with Gasteiger partial charge in [-0.2, -0.15) is 0 Å². The average Bonchev–Trinajstić information content (AvgIpc) is 2.04. The number of carbonyl (C=O) groups is 1. The van der Waals surface area contributed by atoms with E-state index >= 15 is 0 Å². The fraction of sp³-hybridized carbons (Fsp3) is 0.125. The maximum atomic E-state index is 10.7. The Morgan fingerprint density at radius 2 is 2.08 bits per heavy atom. The van der Waals surface area contributed by atoms with E-state index in [1.807, 2.05) is 0 Å². The molecule has 5 nitrogen and oxygen atoms in total. The summed E-state index contributed by atoms with van der Waals surface area (Å²) in [4.78, 5) is 10.7. The van der Waals surface area contributed by atoms with Crippen LogP contribution in [0, 0.1) is 0 Å². The molecule has 0 saturated carbocycles. The summed E-state index contributed by atoms with van der Waals surface area (Å²) in [5, 5.41) is 8.75. The van der Waals surface area contributed by atoms with Gasteiger partial charge in [-0.25, -0.2) is 4.79 Å². The highest BCUT2D eigenvalue weighted by molar-refractivity contribution is 6.00. The van der Waals surface area contributed by atoms with Crippen LogP contribution >= 0.6 is 0 Å². The van der Waals surface area contributed by atoms with Gasteiger partial charge in [-0.3, -0.25) is 0 Å². The van der Waals surface area contributed by atoms with Crippen LogP contribution in [0.25, 0.3) is 0 Å². The van der Waals surface area contributed by atoms with Gasteiger partial charge in [0.25, 0.3) is 0 Å². The van der Waals surface area contributed by atoms with E-state index < -0.39 is 5.97 Å². The Kier molecular flexibility index (Phi) is 2.27. The molecule has 0 aliphatic rings. The highest BCUT2D eigenvalue weighted by Gasteiger charge is 2.15. The second kappa shape index (κ2) is 3.22. The normalized spacial score (nSPS) is 9.62. The van der Waals surface area contributed by atoms with Gasteiger partial charge in [0.15, 0.2) is 0 Å². The molecule has 0 bridgehead atoms. The van der Waals surface area contributed by atoms with Crippen molar-refractivity contribution in [2.75, 3.05) is 18.6 Å². The summed E-state index contributed by atoms with van der Waals surface area (Å²) in [5.74, 6) is -0.847. The molecule has 1 aromatic rings. The van der Waals surface area contributed by atoms with Gasteiger partial charge in [-0.05, 0) is 12.1 Å². The largest absolute Gasteiger partial charge is 0.495 e. The van der Waals surface area contributed by atoms with Gasteiger partial charge in [0.05, 0.1) is 12.8 Å². The van der Waals surface area contributed by atoms with E-state index in [-0.39, 0.29) is 16.9 Å². The molecule has 1 aromatic carbocycles. The number of benzene rings is 1. The standard InChI is InChI=1S/C8H10N2O3/c1-13-5-3-2-4(9)6(7(5)10)8(11)12/h2-3H,9-10H2,1H3,(H,11,12). The minimum absolute atomic E-state index is 0.0509. The van der Waals surface area contributed by atoms with Crippen molar-refractivity contribution < 1.29 is 14.6 Å². The summed E-state index contributed by atoms with van der Waals surface area (Å²) >= 11 is 0. The predicted molar refractivity (Wildman–Crippen MR) is 48.8 cm³/mol. The molecule has 5 heteroatoms. The van der Waals surface area contributed by atoms with Crippen LogP contribution in [0.15, 0.2) is 12.1 Å². The number of methoxy groups -OCH3 is 1. The average molecular weight is 182 g/mol. The smallest absolute Gasteiger partial charge is 0.340 e. The third kappa shape index (κ3) is 1.48. The Hall–Kier alpha value is -1.91. The zero-order valence-electron chi connectivity index (χ0n) is 7.07. The molecule has 0 heterocycles. The highest BCUT2D eigenvalue weighted by Crippen LogP contribution is 2.29. The highest BCUT2D eigenvalue weighted by atomic mass is 16.5. The zero-order chi connectivity index (χ0) is 10.0. The lowest BCUT2D eigenvalue weighted by molar-refractivity contribution is 0.0699. The fourth-order valence-electron chi connectivity index (χ4n) is 1.03. The van der Waals surface area contributed by atoms with Crippen LogP contribution in [0.5, 0.6) is 5.75 Å². The first kappa shape index (κ1) is 9.18. The number of carboxylic acids is 1. The summed E-state index contributed by atoms with van der Waals surface area (Å²) in [7, 11) is 1.41. The van der Waals surface area contributed by atoms with E-state index in [0.29, 0.717) is 5.75 Å². The maximum Gasteiger partial charge on any atom is 0.340 e. The van der Waals surface area contributed by atoms with Crippen molar-refractivity contribution >= 4 is 17.3 Å². The Bertz CT molecular complexity index is 349. The van der Waals surface area contributed by atoms with Crippen molar-refractivity contribution in [2.24, 2.45) is 0 Å². The van der Waals surface area contributed by atoms with E-state index in [2.05, 4.69) is 0 Å². The zero-order valence-corrected chi connectivity index (χ0v) is 7.07. The van der Waals surface area contributed by atoms with Crippen LogP contribution in [0.4, 0.5) is 11.4 Å². The molecular weight excluding hydrogens is 172 g/mol. The summed E-state index contributed by atoms with van der Waals surface area (Å²) in [5.41, 5.74) is 11.0. The van der Waals surface area contributed by atoms with Gasteiger partial charge in [0.2, 0.25) is 0 Å². The van der Waals surface area contributed by atoms with Crippen molar-refractivity contribution in [3.8, 4) is 5.75 Å². The van der Waals surface area contributed by atoms with Crippen molar-refractivity contribution in [2.45, 2.75) is 0 Å². The van der Waals surface area contributed by atoms with Gasteiger partial charge in [0.1, 0.15) is 11.3 Å². The first-order valence-corrected chi connectivity index (χ1v) is 3.53. The summed E-state index contributed by atoms with van der Waals surface area (Å²) in [6, 6.07) is 2.97. The molecule has 70 valence electrons. The number of carboxylic acid groups (broad SMARTS) is 1. The Labute approximate surface area is 74.9 Å². The number of anilines is 2. The van der Waals surface area contributed by atoms with E-state index in [1.165, 1.54) is 19.2 Å². The van der Waals surface area contributed by atoms with Crippen LogP contribution in [0.3, 0.4) is 0 Å². The number of hydrogen-bond donors (Lipinski definition) is 3. The van der Waals surface area contributed by atoms with E-state index in [0.717, 1.165) is 0 Å². The third-order valence-corrected chi connectivity index (χ3v) is 1.67. The first-order valence-electron chi connectivity index (χ1n) is 3.53. The minimum atomic E-state index is -1.16. The summed E-state index contributed by atoms with van der Waals surface area (Å²) < 4.78 is 4.85. The Morgan fingerprint density at radius 1 is 1.46 bits per heavy atom. The predicted octanol–water partition coefficient (Wildman–Crippen LogP) is 0.558. The number of hydrogen-bond acceptors (Lipinski definition) is 4. The van der Waals surface area contributed by atoms with Crippen LogP contribution in [-0.4, -0.2) is 18.2 Å². The Balaban J connectivity index is 3.38. The molecule has 0 aliphatic heterocycles. The van der Waals surface area contributed by atoms with Gasteiger partial charge in [-0.15, -0.1) is 0 Å². The molecule has 0 aliphatic carbocycles. The lowest BCUT2D eigenvalue weighted by Crippen LogP contribution is -2.08. The van der Waals surface area contributed by atoms with Crippen LogP contribution in [0.1, 0.15) is 10.4 Å². The van der Waals surface area contributed by atoms with Crippen LogP contribution in [0.2, 0.25) is 0 Å². The number of nitrogens with two attached hydrogens (primary N) is 2. The molecule has 0 unspecified atom stereocenters. The molecule has 0 saturated heterocycles. The van der Waals surface area contributed by atoms with Crippen molar-refractivity contribution in [1.29, 1.82) is 0 Å². The van der Waals surface area contributed by atoms with Crippen molar-refractivity contribution in [1.82, 2.24) is 0 Å². The monoisotopic (exact) mass is 182 g/mol. The number of ether oxygens (including phenoxy) is 1. The van der Waals surface area contributed by atoms with Gasteiger partial charge in [0, 0.05) is 5.69 Å². The van der Waals surface area contributed by atoms with E-state index in [4.69, 9.17) is 21.3 Å². The molecule has 13 heavy (non-hydrogen) atoms. The van der Waals surface area contributed by atoms with Crippen LogP contribution in [-0.2, 0) is 0 Å². The second-order valence-corrected chi connectivity index (χ2v) is 2.45. The lowest BCUT2D eigenvalue weighted by Gasteiger charge is -2.08. The number of rotatable bonds is 2. The quantitative estimate of drug-likeness (QED) is 0.580.